The Morgan fingerprint density at radius 2 is 2.10 bits per heavy atom. The van der Waals surface area contributed by atoms with Gasteiger partial charge in [0, 0.05) is 29.6 Å². The van der Waals surface area contributed by atoms with Crippen molar-refractivity contribution >= 4 is 23.2 Å². The molecule has 1 aromatic heterocycles. The van der Waals surface area contributed by atoms with E-state index in [2.05, 4.69) is 5.10 Å². The van der Waals surface area contributed by atoms with Crippen LogP contribution in [0.15, 0.2) is 18.2 Å². The molecule has 2 aromatic rings. The molecule has 2 rings (SSSR count). The topological polar surface area (TPSA) is 47.3 Å². The Bertz CT molecular complexity index is 626. The van der Waals surface area contributed by atoms with E-state index in [-0.39, 0.29) is 0 Å². The van der Waals surface area contributed by atoms with Crippen LogP contribution in [-0.2, 0) is 13.5 Å². The number of rotatable bonds is 4. The Kier molecular flexibility index (Phi) is 4.58. The highest BCUT2D eigenvalue weighted by atomic mass is 35.5. The molecule has 1 heterocycles. The second-order valence-electron chi connectivity index (χ2n) is 4.58. The van der Waals surface area contributed by atoms with Gasteiger partial charge in [0.15, 0.2) is 0 Å². The summed E-state index contributed by atoms with van der Waals surface area (Å²) in [5.74, 6) is 0.558. The fourth-order valence-electron chi connectivity index (χ4n) is 2.17. The summed E-state index contributed by atoms with van der Waals surface area (Å²) in [6.07, 6.45) is -0.362. The molecule has 1 N–H and O–H groups in total. The standard InChI is InChI=1S/C14H16Cl2N2O2/c1-8-11(14(16)18(2)17-8)7-12(19)10-5-4-9(15)6-13(10)20-3/h4-6,12,19H,7H2,1-3H3. The third-order valence-corrected chi connectivity index (χ3v) is 3.93. The molecule has 0 bridgehead atoms. The summed E-state index contributed by atoms with van der Waals surface area (Å²) in [6, 6.07) is 5.16. The molecule has 1 aromatic carbocycles. The number of nitrogens with zero attached hydrogens (tertiary/aromatic N) is 2. The number of aryl methyl sites for hydroxylation is 2. The number of aliphatic hydroxyl groups is 1. The number of aromatic nitrogens is 2. The molecule has 0 saturated carbocycles. The second kappa shape index (κ2) is 6.04. The molecule has 0 aliphatic carbocycles. The largest absolute Gasteiger partial charge is 0.496 e. The van der Waals surface area contributed by atoms with Gasteiger partial charge in [-0.2, -0.15) is 5.10 Å². The van der Waals surface area contributed by atoms with Crippen molar-refractivity contribution in [1.82, 2.24) is 9.78 Å². The zero-order valence-corrected chi connectivity index (χ0v) is 13.0. The zero-order valence-electron chi connectivity index (χ0n) is 11.5. The first-order chi connectivity index (χ1) is 9.43. The number of ether oxygens (including phenoxy) is 1. The predicted octanol–water partition coefficient (Wildman–Crippen LogP) is 3.32. The van der Waals surface area contributed by atoms with Gasteiger partial charge in [-0.3, -0.25) is 4.68 Å². The third kappa shape index (κ3) is 2.92. The third-order valence-electron chi connectivity index (χ3n) is 3.22. The minimum Gasteiger partial charge on any atom is -0.496 e. The van der Waals surface area contributed by atoms with E-state index in [1.165, 1.54) is 0 Å². The molecule has 0 amide bonds. The lowest BCUT2D eigenvalue weighted by molar-refractivity contribution is 0.174. The lowest BCUT2D eigenvalue weighted by Gasteiger charge is -2.15. The van der Waals surface area contributed by atoms with Crippen LogP contribution in [0.4, 0.5) is 0 Å². The number of benzene rings is 1. The van der Waals surface area contributed by atoms with Crippen molar-refractivity contribution in [1.29, 1.82) is 0 Å². The van der Waals surface area contributed by atoms with E-state index in [1.54, 1.807) is 37.0 Å². The molecule has 1 atom stereocenters. The van der Waals surface area contributed by atoms with Gasteiger partial charge in [0.1, 0.15) is 10.9 Å². The Labute approximate surface area is 127 Å². The molecule has 1 unspecified atom stereocenters. The van der Waals surface area contributed by atoms with Gasteiger partial charge in [0.25, 0.3) is 0 Å². The molecule has 0 aliphatic rings. The zero-order chi connectivity index (χ0) is 14.9. The van der Waals surface area contributed by atoms with Gasteiger partial charge >= 0.3 is 0 Å². The molecule has 4 nitrogen and oxygen atoms in total. The van der Waals surface area contributed by atoms with Crippen LogP contribution in [0.1, 0.15) is 22.9 Å². The molecule has 20 heavy (non-hydrogen) atoms. The molecular formula is C14H16Cl2N2O2. The van der Waals surface area contributed by atoms with E-state index < -0.39 is 6.10 Å². The highest BCUT2D eigenvalue weighted by Gasteiger charge is 2.19. The predicted molar refractivity (Wildman–Crippen MR) is 79.6 cm³/mol. The van der Waals surface area contributed by atoms with Crippen LogP contribution in [-0.4, -0.2) is 22.0 Å². The van der Waals surface area contributed by atoms with Crippen molar-refractivity contribution < 1.29 is 9.84 Å². The summed E-state index contributed by atoms with van der Waals surface area (Å²) < 4.78 is 6.85. The maximum Gasteiger partial charge on any atom is 0.130 e. The van der Waals surface area contributed by atoms with E-state index in [9.17, 15) is 5.11 Å². The fourth-order valence-corrected chi connectivity index (χ4v) is 2.58. The Morgan fingerprint density at radius 1 is 1.40 bits per heavy atom. The minimum absolute atomic E-state index is 0.372. The van der Waals surface area contributed by atoms with Crippen LogP contribution in [0.25, 0.3) is 0 Å². The molecule has 6 heteroatoms. The normalized spacial score (nSPS) is 12.5. The number of aliphatic hydroxyl groups excluding tert-OH is 1. The van der Waals surface area contributed by atoms with E-state index in [0.717, 1.165) is 11.3 Å². The van der Waals surface area contributed by atoms with Gasteiger partial charge in [-0.15, -0.1) is 0 Å². The van der Waals surface area contributed by atoms with Gasteiger partial charge in [-0.05, 0) is 19.1 Å². The monoisotopic (exact) mass is 314 g/mol. The molecule has 0 spiro atoms. The summed E-state index contributed by atoms with van der Waals surface area (Å²) in [5, 5.41) is 15.8. The lowest BCUT2D eigenvalue weighted by Crippen LogP contribution is -2.05. The minimum atomic E-state index is -0.734. The summed E-state index contributed by atoms with van der Waals surface area (Å²) in [5.41, 5.74) is 2.32. The van der Waals surface area contributed by atoms with Crippen LogP contribution in [0, 0.1) is 6.92 Å². The van der Waals surface area contributed by atoms with Gasteiger partial charge in [0.05, 0.1) is 18.9 Å². The Balaban J connectivity index is 2.30. The van der Waals surface area contributed by atoms with E-state index in [0.29, 0.717) is 27.9 Å². The first-order valence-electron chi connectivity index (χ1n) is 6.13. The van der Waals surface area contributed by atoms with Crippen molar-refractivity contribution in [3.8, 4) is 5.75 Å². The number of hydrogen-bond donors (Lipinski definition) is 1. The van der Waals surface area contributed by atoms with E-state index in [1.807, 2.05) is 6.92 Å². The van der Waals surface area contributed by atoms with Crippen molar-refractivity contribution in [3.05, 3.63) is 45.2 Å². The molecule has 0 radical (unpaired) electrons. The fraction of sp³-hybridized carbons (Fsp3) is 0.357. The molecule has 0 saturated heterocycles. The van der Waals surface area contributed by atoms with Gasteiger partial charge in [-0.25, -0.2) is 0 Å². The van der Waals surface area contributed by atoms with Crippen molar-refractivity contribution in [2.75, 3.05) is 7.11 Å². The van der Waals surface area contributed by atoms with Gasteiger partial charge in [0.2, 0.25) is 0 Å². The number of hydrogen-bond acceptors (Lipinski definition) is 3. The van der Waals surface area contributed by atoms with Crippen LogP contribution < -0.4 is 4.74 Å². The average Bonchev–Trinajstić information content (AvgIpc) is 2.65. The van der Waals surface area contributed by atoms with E-state index >= 15 is 0 Å². The average molecular weight is 315 g/mol. The summed E-state index contributed by atoms with van der Waals surface area (Å²) in [4.78, 5) is 0. The first kappa shape index (κ1) is 15.2. The SMILES string of the molecule is COc1cc(Cl)ccc1C(O)Cc1c(C)nn(C)c1Cl. The quantitative estimate of drug-likeness (QED) is 0.941. The Hall–Kier alpha value is -1.23. The van der Waals surface area contributed by atoms with Gasteiger partial charge < -0.3 is 9.84 Å². The summed E-state index contributed by atoms with van der Waals surface area (Å²) in [7, 11) is 3.32. The summed E-state index contributed by atoms with van der Waals surface area (Å²) >= 11 is 12.1. The van der Waals surface area contributed by atoms with E-state index in [4.69, 9.17) is 27.9 Å². The van der Waals surface area contributed by atoms with Crippen LogP contribution in [0.2, 0.25) is 10.2 Å². The smallest absolute Gasteiger partial charge is 0.130 e. The molecule has 0 fully saturated rings. The van der Waals surface area contributed by atoms with Crippen molar-refractivity contribution in [3.63, 3.8) is 0 Å². The van der Waals surface area contributed by atoms with Crippen molar-refractivity contribution in [2.45, 2.75) is 19.4 Å². The highest BCUT2D eigenvalue weighted by Crippen LogP contribution is 2.32. The second-order valence-corrected chi connectivity index (χ2v) is 5.38. The maximum absolute atomic E-state index is 10.4. The molecular weight excluding hydrogens is 299 g/mol. The van der Waals surface area contributed by atoms with Crippen LogP contribution >= 0.6 is 23.2 Å². The maximum atomic E-state index is 10.4. The lowest BCUT2D eigenvalue weighted by atomic mass is 10.0. The number of halogens is 2. The van der Waals surface area contributed by atoms with Crippen LogP contribution in [0.3, 0.4) is 0 Å². The highest BCUT2D eigenvalue weighted by molar-refractivity contribution is 6.30. The first-order valence-corrected chi connectivity index (χ1v) is 6.89. The summed E-state index contributed by atoms with van der Waals surface area (Å²) in [6.45, 7) is 1.87. The molecule has 108 valence electrons. The molecule has 0 aliphatic heterocycles. The van der Waals surface area contributed by atoms with Crippen LogP contribution in [0.5, 0.6) is 5.75 Å². The van der Waals surface area contributed by atoms with Crippen molar-refractivity contribution in [2.24, 2.45) is 7.05 Å². The number of methoxy groups -OCH3 is 1. The Morgan fingerprint density at radius 3 is 2.65 bits per heavy atom. The van der Waals surface area contributed by atoms with Gasteiger partial charge in [-0.1, -0.05) is 29.3 Å².